The number of carboxylic acids is 1. The minimum absolute atomic E-state index is 0.0131. The zero-order valence-corrected chi connectivity index (χ0v) is 6.55. The van der Waals surface area contributed by atoms with E-state index in [0.717, 1.165) is 11.8 Å². The van der Waals surface area contributed by atoms with E-state index in [0.29, 0.717) is 6.08 Å². The van der Waals surface area contributed by atoms with Crippen LogP contribution in [0.2, 0.25) is 0 Å². The van der Waals surface area contributed by atoms with Gasteiger partial charge in [-0.2, -0.15) is 5.10 Å². The van der Waals surface area contributed by atoms with Crippen LogP contribution in [-0.2, 0) is 9.59 Å². The topological polar surface area (TPSA) is 108 Å². The Morgan fingerprint density at radius 3 is 2.83 bits per heavy atom. The van der Waals surface area contributed by atoms with Gasteiger partial charge in [-0.3, -0.25) is 10.1 Å². The average molecular weight is 186 g/mol. The molecule has 1 heterocycles. The van der Waals surface area contributed by atoms with Crippen molar-refractivity contribution in [2.45, 2.75) is 0 Å². The SMILES string of the molecule is N/N=C1\NC(=O)/C(=C/C(=O)[O-])S1. The second-order valence-corrected chi connectivity index (χ2v) is 2.85. The van der Waals surface area contributed by atoms with Gasteiger partial charge in [-0.25, -0.2) is 0 Å². The van der Waals surface area contributed by atoms with Crippen LogP contribution in [0.3, 0.4) is 0 Å². The number of carbonyl (C=O) groups is 2. The van der Waals surface area contributed by atoms with Crippen molar-refractivity contribution in [3.05, 3.63) is 11.0 Å². The van der Waals surface area contributed by atoms with Gasteiger partial charge >= 0.3 is 0 Å². The number of nitrogens with zero attached hydrogens (tertiary/aromatic N) is 1. The summed E-state index contributed by atoms with van der Waals surface area (Å²) in [5.74, 6) is 2.89. The smallest absolute Gasteiger partial charge is 0.264 e. The number of carboxylic acid groups (broad SMARTS) is 1. The first-order valence-electron chi connectivity index (χ1n) is 2.83. The first-order chi connectivity index (χ1) is 5.63. The van der Waals surface area contributed by atoms with Gasteiger partial charge in [-0.05, 0) is 17.8 Å². The molecular weight excluding hydrogens is 182 g/mol. The molecule has 0 aromatic carbocycles. The van der Waals surface area contributed by atoms with E-state index < -0.39 is 11.9 Å². The zero-order chi connectivity index (χ0) is 9.14. The number of hydrogen-bond donors (Lipinski definition) is 2. The predicted molar refractivity (Wildman–Crippen MR) is 40.4 cm³/mol. The molecule has 0 radical (unpaired) electrons. The van der Waals surface area contributed by atoms with Crippen LogP contribution in [0, 0.1) is 0 Å². The third-order valence-electron chi connectivity index (χ3n) is 1.02. The van der Waals surface area contributed by atoms with Crippen LogP contribution >= 0.6 is 11.8 Å². The number of amidine groups is 1. The number of carbonyl (C=O) groups excluding carboxylic acids is 2. The quantitative estimate of drug-likeness (QED) is 0.272. The Bertz CT molecular complexity index is 296. The Kier molecular flexibility index (Phi) is 2.34. The van der Waals surface area contributed by atoms with Crippen LogP contribution in [0.5, 0.6) is 0 Å². The number of amides is 1. The van der Waals surface area contributed by atoms with Crippen molar-refractivity contribution < 1.29 is 14.7 Å². The van der Waals surface area contributed by atoms with Crippen molar-refractivity contribution in [2.24, 2.45) is 10.9 Å². The first-order valence-corrected chi connectivity index (χ1v) is 3.65. The molecule has 1 saturated heterocycles. The van der Waals surface area contributed by atoms with E-state index in [2.05, 4.69) is 10.4 Å². The number of thioether (sulfide) groups is 1. The monoisotopic (exact) mass is 186 g/mol. The third kappa shape index (κ3) is 1.76. The summed E-state index contributed by atoms with van der Waals surface area (Å²) in [5, 5.41) is 15.7. The number of rotatable bonds is 1. The van der Waals surface area contributed by atoms with Gasteiger partial charge in [0.05, 0.1) is 10.9 Å². The molecule has 0 aliphatic carbocycles. The lowest BCUT2D eigenvalue weighted by atomic mass is 10.5. The van der Waals surface area contributed by atoms with E-state index in [1.165, 1.54) is 0 Å². The van der Waals surface area contributed by atoms with Crippen molar-refractivity contribution in [3.63, 3.8) is 0 Å². The summed E-state index contributed by atoms with van der Waals surface area (Å²) >= 11 is 0.852. The first kappa shape index (κ1) is 8.60. The van der Waals surface area contributed by atoms with Crippen LogP contribution in [0.4, 0.5) is 0 Å². The minimum atomic E-state index is -1.43. The standard InChI is InChI=1S/C5H5N3O3S/c6-8-5-7-4(11)2(12-5)1-3(9)10/h1H,6H2,(H,9,10)(H,7,8,11)/p-1/b2-1-. The predicted octanol–water partition coefficient (Wildman–Crippen LogP) is -2.29. The minimum Gasteiger partial charge on any atom is -0.545 e. The van der Waals surface area contributed by atoms with Crippen LogP contribution in [0.15, 0.2) is 16.1 Å². The summed E-state index contributed by atoms with van der Waals surface area (Å²) < 4.78 is 0. The molecule has 0 bridgehead atoms. The highest BCUT2D eigenvalue weighted by atomic mass is 32.2. The van der Waals surface area contributed by atoms with Gasteiger partial charge in [0.2, 0.25) is 0 Å². The van der Waals surface area contributed by atoms with E-state index in [1.54, 1.807) is 0 Å². The molecule has 64 valence electrons. The van der Waals surface area contributed by atoms with Gasteiger partial charge in [0.1, 0.15) is 0 Å². The normalized spacial score (nSPS) is 23.2. The molecule has 0 atom stereocenters. The molecular formula is C5H4N3O3S-. The summed E-state index contributed by atoms with van der Waals surface area (Å²) in [6.07, 6.45) is 0.693. The van der Waals surface area contributed by atoms with Crippen LogP contribution in [0.1, 0.15) is 0 Å². The van der Waals surface area contributed by atoms with Crippen molar-refractivity contribution in [3.8, 4) is 0 Å². The molecule has 0 aromatic rings. The van der Waals surface area contributed by atoms with E-state index in [4.69, 9.17) is 5.84 Å². The lowest BCUT2D eigenvalue weighted by Crippen LogP contribution is -2.23. The fourth-order valence-corrected chi connectivity index (χ4v) is 1.30. The van der Waals surface area contributed by atoms with Gasteiger partial charge in [-0.15, -0.1) is 0 Å². The molecule has 1 fully saturated rings. The number of nitrogens with one attached hydrogen (secondary N) is 1. The molecule has 1 aliphatic heterocycles. The maximum absolute atomic E-state index is 10.9. The Morgan fingerprint density at radius 1 is 1.75 bits per heavy atom. The summed E-state index contributed by atoms with van der Waals surface area (Å²) in [6.45, 7) is 0. The highest BCUT2D eigenvalue weighted by molar-refractivity contribution is 8.18. The highest BCUT2D eigenvalue weighted by Crippen LogP contribution is 2.22. The van der Waals surface area contributed by atoms with Crippen LogP contribution in [0.25, 0.3) is 0 Å². The maximum atomic E-state index is 10.9. The number of hydrazone groups is 1. The van der Waals surface area contributed by atoms with Gasteiger partial charge < -0.3 is 15.7 Å². The summed E-state index contributed by atoms with van der Waals surface area (Å²) in [5.41, 5.74) is 0. The molecule has 3 N–H and O–H groups in total. The zero-order valence-electron chi connectivity index (χ0n) is 5.73. The van der Waals surface area contributed by atoms with E-state index in [-0.39, 0.29) is 10.1 Å². The summed E-state index contributed by atoms with van der Waals surface area (Å²) in [4.78, 5) is 20.9. The lowest BCUT2D eigenvalue weighted by molar-refractivity contribution is -0.297. The van der Waals surface area contributed by atoms with Crippen molar-refractivity contribution in [1.29, 1.82) is 0 Å². The van der Waals surface area contributed by atoms with Crippen LogP contribution < -0.4 is 16.3 Å². The molecule has 0 saturated carbocycles. The Balaban J connectivity index is 2.84. The van der Waals surface area contributed by atoms with Crippen molar-refractivity contribution in [1.82, 2.24) is 5.32 Å². The van der Waals surface area contributed by atoms with Crippen LogP contribution in [-0.4, -0.2) is 17.0 Å². The van der Waals surface area contributed by atoms with Gasteiger partial charge in [0.25, 0.3) is 5.91 Å². The van der Waals surface area contributed by atoms with E-state index in [1.807, 2.05) is 0 Å². The van der Waals surface area contributed by atoms with Crippen molar-refractivity contribution in [2.75, 3.05) is 0 Å². The molecule has 0 spiro atoms. The Hall–Kier alpha value is -1.50. The third-order valence-corrected chi connectivity index (χ3v) is 1.94. The summed E-state index contributed by atoms with van der Waals surface area (Å²) in [6, 6.07) is 0. The fraction of sp³-hybridized carbons (Fsp3) is 0. The van der Waals surface area contributed by atoms with Gasteiger partial charge in [0.15, 0.2) is 5.17 Å². The highest BCUT2D eigenvalue weighted by Gasteiger charge is 2.23. The number of aliphatic carboxylic acids is 1. The van der Waals surface area contributed by atoms with Gasteiger partial charge in [0, 0.05) is 0 Å². The molecule has 12 heavy (non-hydrogen) atoms. The van der Waals surface area contributed by atoms with Crippen molar-refractivity contribution >= 4 is 28.8 Å². The molecule has 1 rings (SSSR count). The van der Waals surface area contributed by atoms with Gasteiger partial charge in [-0.1, -0.05) is 0 Å². The molecule has 6 nitrogen and oxygen atoms in total. The van der Waals surface area contributed by atoms with E-state index >= 15 is 0 Å². The molecule has 1 amide bonds. The maximum Gasteiger partial charge on any atom is 0.264 e. The average Bonchev–Trinajstić information content (AvgIpc) is 2.31. The summed E-state index contributed by atoms with van der Waals surface area (Å²) in [7, 11) is 0. The lowest BCUT2D eigenvalue weighted by Gasteiger charge is -1.91. The molecule has 1 aliphatic rings. The number of nitrogens with two attached hydrogens (primary N) is 1. The molecule has 7 heteroatoms. The fourth-order valence-electron chi connectivity index (χ4n) is 0.595. The van der Waals surface area contributed by atoms with E-state index in [9.17, 15) is 14.7 Å². The molecule has 0 unspecified atom stereocenters. The Labute approximate surface area is 71.5 Å². The molecule has 0 aromatic heterocycles. The Morgan fingerprint density at radius 2 is 2.42 bits per heavy atom. The second kappa shape index (κ2) is 3.26. The number of hydrogen-bond acceptors (Lipinski definition) is 6. The second-order valence-electron chi connectivity index (χ2n) is 1.82. The largest absolute Gasteiger partial charge is 0.545 e.